The molecule has 1 aromatic rings. The number of carboxylic acid groups (broad SMARTS) is 2. The number of aliphatic carboxylic acids is 2. The van der Waals surface area contributed by atoms with Gasteiger partial charge in [0.1, 0.15) is 36.3 Å². The third-order valence-electron chi connectivity index (χ3n) is 7.35. The molecule has 2 heterocycles. The smallest absolute Gasteiger partial charge is 0.326 e. The first-order valence-electron chi connectivity index (χ1n) is 15.1. The fraction of sp³-hybridized carbons (Fsp3) is 0.593. The minimum Gasteiger partial charge on any atom is -0.481 e. The number of H-pyrrole nitrogens is 1. The van der Waals surface area contributed by atoms with Crippen molar-refractivity contribution >= 4 is 60.1 Å². The highest BCUT2D eigenvalue weighted by Crippen LogP contribution is 2.19. The van der Waals surface area contributed by atoms with E-state index < -0.39 is 90.8 Å². The molecule has 0 aromatic carbocycles. The summed E-state index contributed by atoms with van der Waals surface area (Å²) in [5.74, 6) is -7.74. The number of aromatic nitrogens is 2. The van der Waals surface area contributed by atoms with Crippen molar-refractivity contribution in [3.05, 3.63) is 18.2 Å². The summed E-state index contributed by atoms with van der Waals surface area (Å²) in [6.45, 7) is -0.567. The Morgan fingerprint density at radius 3 is 2.16 bits per heavy atom. The van der Waals surface area contributed by atoms with Crippen LogP contribution in [0.5, 0.6) is 0 Å². The summed E-state index contributed by atoms with van der Waals surface area (Å²) < 4.78 is 0. The van der Waals surface area contributed by atoms with Gasteiger partial charge in [0, 0.05) is 37.2 Å². The van der Waals surface area contributed by atoms with Crippen molar-refractivity contribution in [3.8, 4) is 0 Å². The number of nitrogens with zero attached hydrogens (tertiary/aromatic N) is 3. The number of aliphatic hydroxyl groups excluding tert-OH is 1. The van der Waals surface area contributed by atoms with Crippen LogP contribution in [0.1, 0.15) is 37.8 Å². The Bertz CT molecular complexity index is 1360. The lowest BCUT2D eigenvalue weighted by Crippen LogP contribution is -2.60. The van der Waals surface area contributed by atoms with E-state index in [-0.39, 0.29) is 50.5 Å². The molecule has 49 heavy (non-hydrogen) atoms. The average molecular weight is 714 g/mol. The van der Waals surface area contributed by atoms with E-state index >= 15 is 0 Å². The molecule has 272 valence electrons. The number of thiol groups is 1. The lowest BCUT2D eigenvalue weighted by molar-refractivity contribution is -0.149. The zero-order valence-electron chi connectivity index (χ0n) is 26.4. The summed E-state index contributed by atoms with van der Waals surface area (Å²) in [6, 6.07) is -8.29. The molecule has 22 heteroatoms. The maximum absolute atomic E-state index is 13.7. The first-order valence-corrected chi connectivity index (χ1v) is 15.8. The zero-order valence-corrected chi connectivity index (χ0v) is 27.3. The number of hydrogen-bond acceptors (Lipinski definition) is 12. The number of carbonyl (C=O) groups excluding carboxylic acids is 5. The van der Waals surface area contributed by atoms with Crippen LogP contribution in [-0.2, 0) is 40.0 Å². The molecule has 1 aromatic heterocycles. The quantitative estimate of drug-likeness (QED) is 0.0260. The maximum Gasteiger partial charge on any atom is 0.326 e. The van der Waals surface area contributed by atoms with E-state index in [9.17, 15) is 43.8 Å². The van der Waals surface area contributed by atoms with Gasteiger partial charge in [-0.3, -0.25) is 33.8 Å². The molecule has 1 fully saturated rings. The number of rotatable bonds is 20. The van der Waals surface area contributed by atoms with Gasteiger partial charge in [0.25, 0.3) is 0 Å². The van der Waals surface area contributed by atoms with Crippen LogP contribution in [0.3, 0.4) is 0 Å². The van der Waals surface area contributed by atoms with Gasteiger partial charge in [-0.1, -0.05) is 0 Å². The summed E-state index contributed by atoms with van der Waals surface area (Å²) in [5.41, 5.74) is 16.6. The lowest BCUT2D eigenvalue weighted by atomic mass is 10.1. The van der Waals surface area contributed by atoms with Crippen LogP contribution in [0.15, 0.2) is 17.5 Å². The maximum atomic E-state index is 13.7. The highest BCUT2D eigenvalue weighted by atomic mass is 32.1. The van der Waals surface area contributed by atoms with Gasteiger partial charge in [0.2, 0.25) is 29.5 Å². The summed E-state index contributed by atoms with van der Waals surface area (Å²) in [7, 11) is 0. The number of amides is 5. The molecule has 1 saturated heterocycles. The Hall–Kier alpha value is -4.96. The van der Waals surface area contributed by atoms with Crippen LogP contribution in [0.25, 0.3) is 0 Å². The van der Waals surface area contributed by atoms with E-state index in [4.69, 9.17) is 22.3 Å². The molecule has 0 aliphatic carbocycles. The number of aliphatic hydroxyl groups is 1. The van der Waals surface area contributed by atoms with Crippen molar-refractivity contribution < 1.29 is 48.9 Å². The molecule has 1 aliphatic rings. The molecule has 0 spiro atoms. The van der Waals surface area contributed by atoms with Crippen LogP contribution in [-0.4, -0.2) is 139 Å². The summed E-state index contributed by atoms with van der Waals surface area (Å²) in [5, 5.41) is 37.4. The standard InChI is InChI=1S/C27H43N11O10S/c28-14(10-39)21(42)35-16(8-20(40)41)23(44)37-18(11-49)24(45)34-15(3-1-5-32-27(29)30)22(43)36-17(7-13-9-31-12-33-13)25(46)38-6-2-4-19(38)26(47)48/h9,12,14-19,39,49H,1-8,10-11,28H2,(H,31,33)(H,34,45)(H,35,42)(H,36,43)(H,37,44)(H,40,41)(H,47,48)(H4,29,30,32)/t14-,15-,16-,17-,18-,19-/m0/s1. The second-order valence-corrected chi connectivity index (χ2v) is 11.4. The number of nitrogens with two attached hydrogens (primary N) is 3. The van der Waals surface area contributed by atoms with E-state index in [0.717, 1.165) is 0 Å². The molecular weight excluding hydrogens is 670 g/mol. The number of carboxylic acids is 2. The zero-order chi connectivity index (χ0) is 36.7. The second-order valence-electron chi connectivity index (χ2n) is 11.1. The van der Waals surface area contributed by atoms with Gasteiger partial charge < -0.3 is 63.7 Å². The molecule has 0 radical (unpaired) electrons. The Balaban J connectivity index is 2.28. The minimum absolute atomic E-state index is 0.0613. The van der Waals surface area contributed by atoms with E-state index in [1.165, 1.54) is 17.4 Å². The Morgan fingerprint density at radius 2 is 1.59 bits per heavy atom. The first-order chi connectivity index (χ1) is 23.2. The highest BCUT2D eigenvalue weighted by Gasteiger charge is 2.39. The predicted octanol–water partition coefficient (Wildman–Crippen LogP) is -5.26. The van der Waals surface area contributed by atoms with Gasteiger partial charge in [-0.25, -0.2) is 9.78 Å². The summed E-state index contributed by atoms with van der Waals surface area (Å²) >= 11 is 4.09. The van der Waals surface area contributed by atoms with Gasteiger partial charge >= 0.3 is 11.9 Å². The highest BCUT2D eigenvalue weighted by molar-refractivity contribution is 7.80. The molecule has 14 N–H and O–H groups in total. The number of hydrogen-bond donors (Lipinski definition) is 12. The molecule has 5 amide bonds. The normalized spacial score (nSPS) is 17.0. The molecule has 0 bridgehead atoms. The molecule has 1 aliphatic heterocycles. The lowest BCUT2D eigenvalue weighted by Gasteiger charge is -2.29. The number of imidazole rings is 1. The van der Waals surface area contributed by atoms with Crippen molar-refractivity contribution in [3.63, 3.8) is 0 Å². The van der Waals surface area contributed by atoms with Crippen LogP contribution >= 0.6 is 12.6 Å². The molecule has 6 atom stereocenters. The average Bonchev–Trinajstić information content (AvgIpc) is 3.76. The van der Waals surface area contributed by atoms with Crippen molar-refractivity contribution in [1.82, 2.24) is 36.1 Å². The van der Waals surface area contributed by atoms with Crippen LogP contribution in [0, 0.1) is 0 Å². The first kappa shape index (κ1) is 40.2. The number of likely N-dealkylation sites (tertiary alicyclic amines) is 1. The number of aliphatic imine (C=N–C) groups is 1. The molecule has 21 nitrogen and oxygen atoms in total. The number of carbonyl (C=O) groups is 7. The van der Waals surface area contributed by atoms with Crippen molar-refractivity contribution in [2.45, 2.75) is 74.8 Å². The SMILES string of the molecule is NC(N)=NCCC[C@H](NC(=O)[C@H](CS)NC(=O)[C@H](CC(=O)O)NC(=O)[C@@H](N)CO)C(=O)N[C@@H](Cc1cnc[nH]1)C(=O)N1CCC[C@H]1C(=O)O. The topological polar surface area (TPSA) is 351 Å². The third kappa shape index (κ3) is 12.9. The molecule has 0 saturated carbocycles. The van der Waals surface area contributed by atoms with Gasteiger partial charge in [-0.15, -0.1) is 0 Å². The largest absolute Gasteiger partial charge is 0.481 e. The van der Waals surface area contributed by atoms with Crippen LogP contribution in [0.4, 0.5) is 0 Å². The van der Waals surface area contributed by atoms with Gasteiger partial charge in [-0.2, -0.15) is 12.6 Å². The summed E-state index contributed by atoms with van der Waals surface area (Å²) in [6.07, 6.45) is 2.59. The van der Waals surface area contributed by atoms with Crippen LogP contribution < -0.4 is 38.5 Å². The number of nitrogens with one attached hydrogen (secondary N) is 5. The van der Waals surface area contributed by atoms with Gasteiger partial charge in [0.05, 0.1) is 19.4 Å². The van der Waals surface area contributed by atoms with E-state index in [1.54, 1.807) is 0 Å². The molecule has 2 rings (SSSR count). The Labute approximate surface area is 285 Å². The monoisotopic (exact) mass is 713 g/mol. The molecular formula is C27H43N11O10S. The minimum atomic E-state index is -1.69. The fourth-order valence-electron chi connectivity index (χ4n) is 4.83. The van der Waals surface area contributed by atoms with Gasteiger partial charge in [0.15, 0.2) is 5.96 Å². The van der Waals surface area contributed by atoms with E-state index in [0.29, 0.717) is 12.1 Å². The van der Waals surface area contributed by atoms with Crippen molar-refractivity contribution in [2.24, 2.45) is 22.2 Å². The van der Waals surface area contributed by atoms with E-state index in [2.05, 4.69) is 48.9 Å². The fourth-order valence-corrected chi connectivity index (χ4v) is 5.09. The Morgan fingerprint density at radius 1 is 0.980 bits per heavy atom. The second kappa shape index (κ2) is 19.8. The summed E-state index contributed by atoms with van der Waals surface area (Å²) in [4.78, 5) is 101. The number of aromatic amines is 1. The van der Waals surface area contributed by atoms with E-state index in [1.807, 2.05) is 0 Å². The van der Waals surface area contributed by atoms with Crippen molar-refractivity contribution in [1.29, 1.82) is 0 Å². The van der Waals surface area contributed by atoms with Crippen molar-refractivity contribution in [2.75, 3.05) is 25.4 Å². The Kier molecular flexibility index (Phi) is 16.2. The predicted molar refractivity (Wildman–Crippen MR) is 173 cm³/mol. The van der Waals surface area contributed by atoms with Crippen LogP contribution in [0.2, 0.25) is 0 Å². The number of guanidine groups is 1. The molecule has 0 unspecified atom stereocenters. The van der Waals surface area contributed by atoms with Gasteiger partial charge in [-0.05, 0) is 25.7 Å². The third-order valence-corrected chi connectivity index (χ3v) is 7.72.